The molecule has 1 heterocycles. The van der Waals surface area contributed by atoms with Gasteiger partial charge in [-0.1, -0.05) is 31.4 Å². The summed E-state index contributed by atoms with van der Waals surface area (Å²) in [6, 6.07) is 6.89. The van der Waals surface area contributed by atoms with Gasteiger partial charge < -0.3 is 4.74 Å². The van der Waals surface area contributed by atoms with E-state index in [0.29, 0.717) is 12.6 Å². The Balaban J connectivity index is 1.58. The number of hydrogen-bond donors (Lipinski definition) is 0. The normalized spacial score (nSPS) is 16.2. The summed E-state index contributed by atoms with van der Waals surface area (Å²) in [6.07, 6.45) is 10.1. The first-order chi connectivity index (χ1) is 9.81. The van der Waals surface area contributed by atoms with Crippen molar-refractivity contribution in [1.29, 1.82) is 0 Å². The molecule has 0 saturated heterocycles. The maximum atomic E-state index is 12.8. The van der Waals surface area contributed by atoms with Gasteiger partial charge in [-0.25, -0.2) is 4.39 Å². The van der Waals surface area contributed by atoms with Crippen molar-refractivity contribution in [1.82, 2.24) is 9.78 Å². The molecule has 0 N–H and O–H groups in total. The van der Waals surface area contributed by atoms with E-state index in [-0.39, 0.29) is 5.82 Å². The summed E-state index contributed by atoms with van der Waals surface area (Å²) in [5, 5.41) is 4.40. The molecule has 0 spiro atoms. The summed E-state index contributed by atoms with van der Waals surface area (Å²) in [5.74, 6) is 0.554. The largest absolute Gasteiger partial charge is 0.486 e. The Bertz CT molecular complexity index is 544. The molecule has 2 aromatic rings. The Hall–Kier alpha value is -1.84. The number of hydrogen-bond acceptors (Lipinski definition) is 2. The number of aromatic nitrogens is 2. The van der Waals surface area contributed by atoms with Crippen LogP contribution < -0.4 is 4.74 Å². The maximum Gasteiger partial charge on any atom is 0.157 e. The molecule has 0 unspecified atom stereocenters. The van der Waals surface area contributed by atoms with Gasteiger partial charge >= 0.3 is 0 Å². The van der Waals surface area contributed by atoms with E-state index >= 15 is 0 Å². The summed E-state index contributed by atoms with van der Waals surface area (Å²) in [6.45, 7) is 0.441. The van der Waals surface area contributed by atoms with Gasteiger partial charge in [0.15, 0.2) is 5.75 Å². The molecule has 1 aliphatic rings. The van der Waals surface area contributed by atoms with E-state index in [4.69, 9.17) is 4.74 Å². The second kappa shape index (κ2) is 6.07. The van der Waals surface area contributed by atoms with Gasteiger partial charge in [-0.3, -0.25) is 4.68 Å². The molecule has 0 bridgehead atoms. The Morgan fingerprint density at radius 2 is 1.90 bits per heavy atom. The van der Waals surface area contributed by atoms with Crippen molar-refractivity contribution < 1.29 is 9.13 Å². The summed E-state index contributed by atoms with van der Waals surface area (Å²) >= 11 is 0. The lowest BCUT2D eigenvalue weighted by atomic mass is 9.96. The van der Waals surface area contributed by atoms with Gasteiger partial charge in [0.05, 0.1) is 18.4 Å². The monoisotopic (exact) mass is 274 g/mol. The average molecular weight is 274 g/mol. The van der Waals surface area contributed by atoms with Gasteiger partial charge in [-0.2, -0.15) is 5.10 Å². The van der Waals surface area contributed by atoms with Crippen LogP contribution in [0.25, 0.3) is 0 Å². The summed E-state index contributed by atoms with van der Waals surface area (Å²) in [7, 11) is 0. The summed E-state index contributed by atoms with van der Waals surface area (Å²) in [5.41, 5.74) is 0.955. The van der Waals surface area contributed by atoms with E-state index in [1.54, 1.807) is 18.3 Å². The molecule has 1 aromatic heterocycles. The molecule has 4 heteroatoms. The Morgan fingerprint density at radius 3 is 2.65 bits per heavy atom. The predicted octanol–water partition coefficient (Wildman–Crippen LogP) is 4.11. The SMILES string of the molecule is Fc1ccc(COc2cnn(C3CCCCC3)c2)cc1. The van der Waals surface area contributed by atoms with Crippen molar-refractivity contribution in [2.24, 2.45) is 0 Å². The molecule has 0 atom stereocenters. The minimum Gasteiger partial charge on any atom is -0.486 e. The van der Waals surface area contributed by atoms with Crippen LogP contribution in [0.4, 0.5) is 4.39 Å². The van der Waals surface area contributed by atoms with Crippen molar-refractivity contribution in [2.75, 3.05) is 0 Å². The van der Waals surface area contributed by atoms with Crippen LogP contribution in [0.15, 0.2) is 36.7 Å². The third-order valence-corrected chi connectivity index (χ3v) is 3.85. The van der Waals surface area contributed by atoms with E-state index in [9.17, 15) is 4.39 Å². The highest BCUT2D eigenvalue weighted by Crippen LogP contribution is 2.28. The van der Waals surface area contributed by atoms with Crippen LogP contribution in [0.2, 0.25) is 0 Å². The van der Waals surface area contributed by atoms with Crippen molar-refractivity contribution in [2.45, 2.75) is 44.8 Å². The highest BCUT2D eigenvalue weighted by molar-refractivity contribution is 5.18. The number of ether oxygens (including phenoxy) is 1. The average Bonchev–Trinajstić information content (AvgIpc) is 2.97. The number of halogens is 1. The fourth-order valence-corrected chi connectivity index (χ4v) is 2.69. The van der Waals surface area contributed by atoms with Gasteiger partial charge in [-0.15, -0.1) is 0 Å². The zero-order valence-corrected chi connectivity index (χ0v) is 11.5. The molecule has 3 rings (SSSR count). The molecule has 20 heavy (non-hydrogen) atoms. The lowest BCUT2D eigenvalue weighted by Crippen LogP contribution is -2.12. The standard InChI is InChI=1S/C16H19FN2O/c17-14-8-6-13(7-9-14)12-20-16-10-18-19(11-16)15-4-2-1-3-5-15/h6-11,15H,1-5,12H2. The minimum atomic E-state index is -0.223. The molecular weight excluding hydrogens is 255 g/mol. The van der Waals surface area contributed by atoms with E-state index in [0.717, 1.165) is 11.3 Å². The van der Waals surface area contributed by atoms with Crippen LogP contribution in [0, 0.1) is 5.82 Å². The van der Waals surface area contributed by atoms with Gasteiger partial charge in [0.25, 0.3) is 0 Å². The fraction of sp³-hybridized carbons (Fsp3) is 0.438. The lowest BCUT2D eigenvalue weighted by molar-refractivity contribution is 0.301. The molecular formula is C16H19FN2O. The molecule has 0 amide bonds. The highest BCUT2D eigenvalue weighted by Gasteiger charge is 2.16. The number of nitrogens with zero attached hydrogens (tertiary/aromatic N) is 2. The molecule has 1 aromatic carbocycles. The fourth-order valence-electron chi connectivity index (χ4n) is 2.69. The Morgan fingerprint density at radius 1 is 1.15 bits per heavy atom. The van der Waals surface area contributed by atoms with Crippen LogP contribution in [0.1, 0.15) is 43.7 Å². The van der Waals surface area contributed by atoms with Crippen LogP contribution in [0.3, 0.4) is 0 Å². The third kappa shape index (κ3) is 3.18. The van der Waals surface area contributed by atoms with Crippen LogP contribution in [-0.4, -0.2) is 9.78 Å². The second-order valence-electron chi connectivity index (χ2n) is 5.36. The highest BCUT2D eigenvalue weighted by atomic mass is 19.1. The molecule has 1 aliphatic carbocycles. The predicted molar refractivity (Wildman–Crippen MR) is 75.1 cm³/mol. The van der Waals surface area contributed by atoms with Crippen LogP contribution >= 0.6 is 0 Å². The van der Waals surface area contributed by atoms with Crippen molar-refractivity contribution in [3.63, 3.8) is 0 Å². The first kappa shape index (κ1) is 13.2. The first-order valence-corrected chi connectivity index (χ1v) is 7.23. The van der Waals surface area contributed by atoms with E-state index < -0.39 is 0 Å². The smallest absolute Gasteiger partial charge is 0.157 e. The second-order valence-corrected chi connectivity index (χ2v) is 5.36. The van der Waals surface area contributed by atoms with Crippen molar-refractivity contribution in [3.05, 3.63) is 48.0 Å². The molecule has 1 saturated carbocycles. The molecule has 0 aliphatic heterocycles. The number of rotatable bonds is 4. The molecule has 106 valence electrons. The topological polar surface area (TPSA) is 27.1 Å². The Kier molecular flexibility index (Phi) is 4.00. The van der Waals surface area contributed by atoms with Crippen molar-refractivity contribution >= 4 is 0 Å². The summed E-state index contributed by atoms with van der Waals surface area (Å²) < 4.78 is 20.5. The van der Waals surface area contributed by atoms with E-state index in [1.807, 2.05) is 10.9 Å². The van der Waals surface area contributed by atoms with Crippen LogP contribution in [-0.2, 0) is 6.61 Å². The lowest BCUT2D eigenvalue weighted by Gasteiger charge is -2.21. The minimum absolute atomic E-state index is 0.223. The Labute approximate surface area is 118 Å². The maximum absolute atomic E-state index is 12.8. The van der Waals surface area contributed by atoms with Crippen LogP contribution in [0.5, 0.6) is 5.75 Å². The first-order valence-electron chi connectivity index (χ1n) is 7.23. The van der Waals surface area contributed by atoms with Gasteiger partial charge in [0.2, 0.25) is 0 Å². The van der Waals surface area contributed by atoms with Crippen molar-refractivity contribution in [3.8, 4) is 5.75 Å². The number of benzene rings is 1. The van der Waals surface area contributed by atoms with Gasteiger partial charge in [0, 0.05) is 0 Å². The zero-order valence-electron chi connectivity index (χ0n) is 11.5. The van der Waals surface area contributed by atoms with Gasteiger partial charge in [0.1, 0.15) is 12.4 Å². The quantitative estimate of drug-likeness (QED) is 0.839. The van der Waals surface area contributed by atoms with E-state index in [1.165, 1.54) is 44.2 Å². The summed E-state index contributed by atoms with van der Waals surface area (Å²) in [4.78, 5) is 0. The van der Waals surface area contributed by atoms with Gasteiger partial charge in [-0.05, 0) is 30.5 Å². The third-order valence-electron chi connectivity index (χ3n) is 3.85. The van der Waals surface area contributed by atoms with E-state index in [2.05, 4.69) is 5.10 Å². The molecule has 0 radical (unpaired) electrons. The molecule has 1 fully saturated rings. The zero-order chi connectivity index (χ0) is 13.8. The molecule has 3 nitrogen and oxygen atoms in total.